The Morgan fingerprint density at radius 3 is 2.42 bits per heavy atom. The molecule has 0 amide bonds. The third-order valence-electron chi connectivity index (χ3n) is 2.91. The van der Waals surface area contributed by atoms with Crippen molar-refractivity contribution >= 4 is 21.4 Å². The van der Waals surface area contributed by atoms with Gasteiger partial charge in [0.2, 0.25) is 10.0 Å². The molecule has 1 aromatic rings. The van der Waals surface area contributed by atoms with Crippen LogP contribution in [-0.4, -0.2) is 54.0 Å². The van der Waals surface area contributed by atoms with Crippen molar-refractivity contribution in [3.05, 3.63) is 18.2 Å². The number of anilines is 2. The Balaban J connectivity index is 3.19. The third kappa shape index (κ3) is 3.37. The average molecular weight is 286 g/mol. The fraction of sp³-hybridized carbons (Fsp3) is 0.500. The Hall–Kier alpha value is -1.31. The Kier molecular flexibility index (Phi) is 5.16. The molecule has 0 radical (unpaired) electrons. The van der Waals surface area contributed by atoms with Gasteiger partial charge in [-0.15, -0.1) is 0 Å². The number of sulfonamides is 1. The van der Waals surface area contributed by atoms with Crippen molar-refractivity contribution in [3.63, 3.8) is 0 Å². The SMILES string of the molecule is CNCCN(C)c1cccc(S(=O)(=O)N(C)C)c1N. The van der Waals surface area contributed by atoms with Gasteiger partial charge in [0.25, 0.3) is 0 Å². The first-order chi connectivity index (χ1) is 8.82. The minimum absolute atomic E-state index is 0.145. The summed E-state index contributed by atoms with van der Waals surface area (Å²) >= 11 is 0. The van der Waals surface area contributed by atoms with Crippen molar-refractivity contribution in [2.24, 2.45) is 0 Å². The van der Waals surface area contributed by atoms with Crippen LogP contribution in [0, 0.1) is 0 Å². The van der Waals surface area contributed by atoms with Crippen LogP contribution in [0.1, 0.15) is 0 Å². The molecule has 19 heavy (non-hydrogen) atoms. The summed E-state index contributed by atoms with van der Waals surface area (Å²) in [5.41, 5.74) is 7.02. The lowest BCUT2D eigenvalue weighted by Crippen LogP contribution is -2.29. The highest BCUT2D eigenvalue weighted by Gasteiger charge is 2.22. The molecule has 0 aromatic heterocycles. The molecule has 1 aromatic carbocycles. The lowest BCUT2D eigenvalue weighted by atomic mass is 10.2. The maximum Gasteiger partial charge on any atom is 0.244 e. The molecule has 0 unspecified atom stereocenters. The molecule has 0 aliphatic heterocycles. The topological polar surface area (TPSA) is 78.7 Å². The number of nitrogens with two attached hydrogens (primary N) is 1. The van der Waals surface area contributed by atoms with Crippen LogP contribution < -0.4 is 16.0 Å². The van der Waals surface area contributed by atoms with Gasteiger partial charge < -0.3 is 16.0 Å². The van der Waals surface area contributed by atoms with E-state index >= 15 is 0 Å². The van der Waals surface area contributed by atoms with Crippen molar-refractivity contribution in [1.82, 2.24) is 9.62 Å². The van der Waals surface area contributed by atoms with Gasteiger partial charge in [0, 0.05) is 34.2 Å². The standard InChI is InChI=1S/C12H22N4O2S/c1-14-8-9-16(4)10-6-5-7-11(12(10)13)19(17,18)15(2)3/h5-7,14H,8-9,13H2,1-4H3. The van der Waals surface area contributed by atoms with E-state index in [1.165, 1.54) is 20.2 Å². The summed E-state index contributed by atoms with van der Waals surface area (Å²) in [6.45, 7) is 1.53. The third-order valence-corrected chi connectivity index (χ3v) is 4.78. The molecule has 0 heterocycles. The summed E-state index contributed by atoms with van der Waals surface area (Å²) in [7, 11) is 3.22. The quantitative estimate of drug-likeness (QED) is 0.729. The Labute approximate surface area is 115 Å². The van der Waals surface area contributed by atoms with Crippen LogP contribution in [-0.2, 0) is 10.0 Å². The van der Waals surface area contributed by atoms with Crippen molar-refractivity contribution in [3.8, 4) is 0 Å². The average Bonchev–Trinajstić information content (AvgIpc) is 2.35. The zero-order valence-corrected chi connectivity index (χ0v) is 12.7. The second-order valence-corrected chi connectivity index (χ2v) is 6.62. The van der Waals surface area contributed by atoms with Gasteiger partial charge in [0.05, 0.1) is 11.4 Å². The molecule has 1 rings (SSSR count). The van der Waals surface area contributed by atoms with E-state index in [4.69, 9.17) is 5.73 Å². The molecule has 3 N–H and O–H groups in total. The molecular formula is C12H22N4O2S. The molecule has 0 bridgehead atoms. The first-order valence-corrected chi connectivity index (χ1v) is 7.43. The Morgan fingerprint density at radius 1 is 1.26 bits per heavy atom. The number of hydrogen-bond acceptors (Lipinski definition) is 5. The maximum absolute atomic E-state index is 12.2. The molecule has 0 saturated carbocycles. The van der Waals surface area contributed by atoms with Crippen LogP contribution in [0.25, 0.3) is 0 Å². The van der Waals surface area contributed by atoms with Crippen LogP contribution in [0.4, 0.5) is 11.4 Å². The highest BCUT2D eigenvalue weighted by Crippen LogP contribution is 2.30. The molecule has 0 fully saturated rings. The number of benzene rings is 1. The zero-order chi connectivity index (χ0) is 14.6. The van der Waals surface area contributed by atoms with Crippen LogP contribution >= 0.6 is 0 Å². The van der Waals surface area contributed by atoms with Gasteiger partial charge in [-0.05, 0) is 19.2 Å². The van der Waals surface area contributed by atoms with Crippen molar-refractivity contribution in [2.75, 3.05) is 51.9 Å². The summed E-state index contributed by atoms with van der Waals surface area (Å²) in [5, 5.41) is 3.04. The van der Waals surface area contributed by atoms with Gasteiger partial charge in [-0.3, -0.25) is 0 Å². The summed E-state index contributed by atoms with van der Waals surface area (Å²) < 4.78 is 25.5. The van der Waals surface area contributed by atoms with Gasteiger partial charge in [0.1, 0.15) is 4.90 Å². The number of likely N-dealkylation sites (N-methyl/N-ethyl adjacent to an activating group) is 2. The largest absolute Gasteiger partial charge is 0.396 e. The summed E-state index contributed by atoms with van der Waals surface area (Å²) in [5.74, 6) is 0. The molecule has 0 saturated heterocycles. The van der Waals surface area contributed by atoms with Crippen LogP contribution in [0.5, 0.6) is 0 Å². The van der Waals surface area contributed by atoms with Crippen molar-refractivity contribution in [2.45, 2.75) is 4.90 Å². The van der Waals surface area contributed by atoms with Crippen LogP contribution in [0.3, 0.4) is 0 Å². The second-order valence-electron chi connectivity index (χ2n) is 4.50. The second kappa shape index (κ2) is 6.23. The monoisotopic (exact) mass is 286 g/mol. The van der Waals surface area contributed by atoms with E-state index in [9.17, 15) is 8.42 Å². The normalized spacial score (nSPS) is 11.8. The Morgan fingerprint density at radius 2 is 1.89 bits per heavy atom. The Bertz CT molecular complexity index is 529. The maximum atomic E-state index is 12.2. The summed E-state index contributed by atoms with van der Waals surface area (Å²) in [6.07, 6.45) is 0. The highest BCUT2D eigenvalue weighted by molar-refractivity contribution is 7.89. The van der Waals surface area contributed by atoms with Gasteiger partial charge in [-0.25, -0.2) is 12.7 Å². The van der Waals surface area contributed by atoms with Crippen LogP contribution in [0.15, 0.2) is 23.1 Å². The molecule has 0 aliphatic carbocycles. The molecule has 0 aliphatic rings. The fourth-order valence-corrected chi connectivity index (χ4v) is 2.71. The number of rotatable bonds is 6. The number of nitrogens with one attached hydrogen (secondary N) is 1. The van der Waals surface area contributed by atoms with E-state index in [2.05, 4.69) is 5.32 Å². The van der Waals surface area contributed by atoms with Gasteiger partial charge in [0.15, 0.2) is 0 Å². The van der Waals surface area contributed by atoms with Crippen molar-refractivity contribution < 1.29 is 8.42 Å². The van der Waals surface area contributed by atoms with E-state index in [0.717, 1.165) is 23.1 Å². The highest BCUT2D eigenvalue weighted by atomic mass is 32.2. The van der Waals surface area contributed by atoms with E-state index in [0.29, 0.717) is 0 Å². The number of nitrogen functional groups attached to an aromatic ring is 1. The number of hydrogen-bond donors (Lipinski definition) is 2. The summed E-state index contributed by atoms with van der Waals surface area (Å²) in [4.78, 5) is 2.08. The summed E-state index contributed by atoms with van der Waals surface area (Å²) in [6, 6.07) is 5.05. The molecule has 0 atom stereocenters. The smallest absolute Gasteiger partial charge is 0.244 e. The number of nitrogens with zero attached hydrogens (tertiary/aromatic N) is 2. The predicted octanol–water partition coefficient (Wildman–Crippen LogP) is 0.175. The first-order valence-electron chi connectivity index (χ1n) is 5.99. The molecular weight excluding hydrogens is 264 g/mol. The first kappa shape index (κ1) is 15.7. The van der Waals surface area contributed by atoms with Gasteiger partial charge in [-0.1, -0.05) is 6.07 Å². The van der Waals surface area contributed by atoms with Gasteiger partial charge >= 0.3 is 0 Å². The lowest BCUT2D eigenvalue weighted by Gasteiger charge is -2.23. The molecule has 6 nitrogen and oxygen atoms in total. The van der Waals surface area contributed by atoms with Crippen LogP contribution in [0.2, 0.25) is 0 Å². The molecule has 108 valence electrons. The minimum atomic E-state index is -3.52. The lowest BCUT2D eigenvalue weighted by molar-refractivity contribution is 0.521. The fourth-order valence-electron chi connectivity index (χ4n) is 1.69. The molecule has 7 heteroatoms. The van der Waals surface area contributed by atoms with E-state index in [1.54, 1.807) is 6.07 Å². The van der Waals surface area contributed by atoms with E-state index in [1.807, 2.05) is 25.1 Å². The zero-order valence-electron chi connectivity index (χ0n) is 11.8. The van der Waals surface area contributed by atoms with Gasteiger partial charge in [-0.2, -0.15) is 0 Å². The molecule has 0 spiro atoms. The van der Waals surface area contributed by atoms with E-state index in [-0.39, 0.29) is 10.6 Å². The predicted molar refractivity (Wildman–Crippen MR) is 78.9 cm³/mol. The minimum Gasteiger partial charge on any atom is -0.396 e. The van der Waals surface area contributed by atoms with Crippen molar-refractivity contribution in [1.29, 1.82) is 0 Å². The van der Waals surface area contributed by atoms with E-state index < -0.39 is 10.0 Å². The number of para-hydroxylation sites is 1.